The SMILES string of the molecule is COc1cccc(C=C2CC2)c1. The van der Waals surface area contributed by atoms with Crippen molar-refractivity contribution in [2.75, 3.05) is 7.11 Å². The average Bonchev–Trinajstić information content (AvgIpc) is 2.89. The van der Waals surface area contributed by atoms with Gasteiger partial charge in [0.1, 0.15) is 5.75 Å². The Kier molecular flexibility index (Phi) is 1.86. The van der Waals surface area contributed by atoms with Crippen LogP contribution >= 0.6 is 0 Å². The zero-order valence-corrected chi connectivity index (χ0v) is 7.21. The summed E-state index contributed by atoms with van der Waals surface area (Å²) >= 11 is 0. The summed E-state index contributed by atoms with van der Waals surface area (Å²) in [4.78, 5) is 0. The van der Waals surface area contributed by atoms with E-state index in [4.69, 9.17) is 4.74 Å². The van der Waals surface area contributed by atoms with Gasteiger partial charge in [-0.15, -0.1) is 0 Å². The molecule has 1 aromatic carbocycles. The third kappa shape index (κ3) is 1.67. The second-order valence-corrected chi connectivity index (χ2v) is 3.08. The Balaban J connectivity index is 2.25. The van der Waals surface area contributed by atoms with E-state index in [1.807, 2.05) is 12.1 Å². The maximum atomic E-state index is 5.13. The Bertz CT molecular complexity index is 307. The number of allylic oxidation sites excluding steroid dienone is 1. The number of rotatable bonds is 2. The Morgan fingerprint density at radius 2 is 2.17 bits per heavy atom. The van der Waals surface area contributed by atoms with E-state index < -0.39 is 0 Å². The Morgan fingerprint density at radius 1 is 1.33 bits per heavy atom. The van der Waals surface area contributed by atoms with E-state index in [1.165, 1.54) is 18.4 Å². The second kappa shape index (κ2) is 3.02. The van der Waals surface area contributed by atoms with Crippen molar-refractivity contribution < 1.29 is 4.74 Å². The molecule has 2 rings (SSSR count). The molecule has 0 unspecified atom stereocenters. The van der Waals surface area contributed by atoms with Crippen molar-refractivity contribution >= 4 is 6.08 Å². The van der Waals surface area contributed by atoms with Crippen molar-refractivity contribution in [1.82, 2.24) is 0 Å². The van der Waals surface area contributed by atoms with Gasteiger partial charge >= 0.3 is 0 Å². The number of benzene rings is 1. The first-order valence-electron chi connectivity index (χ1n) is 4.22. The van der Waals surface area contributed by atoms with Crippen LogP contribution in [0.1, 0.15) is 18.4 Å². The average molecular weight is 160 g/mol. The van der Waals surface area contributed by atoms with Crippen molar-refractivity contribution in [3.63, 3.8) is 0 Å². The lowest BCUT2D eigenvalue weighted by atomic mass is 10.2. The van der Waals surface area contributed by atoms with Crippen molar-refractivity contribution in [2.24, 2.45) is 0 Å². The van der Waals surface area contributed by atoms with Gasteiger partial charge in [0.15, 0.2) is 0 Å². The molecule has 1 aromatic rings. The fraction of sp³-hybridized carbons (Fsp3) is 0.273. The first-order valence-corrected chi connectivity index (χ1v) is 4.22. The van der Waals surface area contributed by atoms with Crippen LogP contribution in [0.25, 0.3) is 6.08 Å². The minimum absolute atomic E-state index is 0.935. The molecule has 0 aliphatic heterocycles. The molecule has 0 atom stereocenters. The van der Waals surface area contributed by atoms with Crippen molar-refractivity contribution in [3.8, 4) is 5.75 Å². The van der Waals surface area contributed by atoms with Crippen LogP contribution in [0.4, 0.5) is 0 Å². The molecule has 1 nitrogen and oxygen atoms in total. The van der Waals surface area contributed by atoms with Gasteiger partial charge in [-0.25, -0.2) is 0 Å². The quantitative estimate of drug-likeness (QED) is 0.646. The van der Waals surface area contributed by atoms with Crippen molar-refractivity contribution in [3.05, 3.63) is 35.4 Å². The summed E-state index contributed by atoms with van der Waals surface area (Å²) in [5.74, 6) is 0.935. The minimum atomic E-state index is 0.935. The summed E-state index contributed by atoms with van der Waals surface area (Å²) in [7, 11) is 1.70. The Hall–Kier alpha value is -1.24. The summed E-state index contributed by atoms with van der Waals surface area (Å²) < 4.78 is 5.13. The predicted molar refractivity (Wildman–Crippen MR) is 50.2 cm³/mol. The lowest BCUT2D eigenvalue weighted by Crippen LogP contribution is -1.81. The van der Waals surface area contributed by atoms with Crippen molar-refractivity contribution in [1.29, 1.82) is 0 Å². The highest BCUT2D eigenvalue weighted by Crippen LogP contribution is 2.30. The van der Waals surface area contributed by atoms with E-state index in [9.17, 15) is 0 Å². The molecule has 1 heteroatoms. The second-order valence-electron chi connectivity index (χ2n) is 3.08. The highest BCUT2D eigenvalue weighted by molar-refractivity contribution is 5.57. The molecule has 0 aromatic heterocycles. The van der Waals surface area contributed by atoms with Crippen LogP contribution in [0, 0.1) is 0 Å². The zero-order chi connectivity index (χ0) is 8.39. The van der Waals surface area contributed by atoms with Gasteiger partial charge in [-0.3, -0.25) is 0 Å². The smallest absolute Gasteiger partial charge is 0.119 e. The molecule has 1 saturated carbocycles. The monoisotopic (exact) mass is 160 g/mol. The van der Waals surface area contributed by atoms with Crippen LogP contribution < -0.4 is 4.74 Å². The standard InChI is InChI=1S/C11H12O/c1-12-11-4-2-3-10(8-11)7-9-5-6-9/h2-4,7-8H,5-6H2,1H3. The third-order valence-electron chi connectivity index (χ3n) is 2.00. The minimum Gasteiger partial charge on any atom is -0.497 e. The number of hydrogen-bond donors (Lipinski definition) is 0. The maximum Gasteiger partial charge on any atom is 0.119 e. The summed E-state index contributed by atoms with van der Waals surface area (Å²) in [6.45, 7) is 0. The first-order chi connectivity index (χ1) is 5.88. The first kappa shape index (κ1) is 7.41. The molecule has 12 heavy (non-hydrogen) atoms. The van der Waals surface area contributed by atoms with Crippen molar-refractivity contribution in [2.45, 2.75) is 12.8 Å². The Morgan fingerprint density at radius 3 is 2.83 bits per heavy atom. The predicted octanol–water partition coefficient (Wildman–Crippen LogP) is 2.87. The molecule has 1 aliphatic rings. The highest BCUT2D eigenvalue weighted by atomic mass is 16.5. The molecular weight excluding hydrogens is 148 g/mol. The van der Waals surface area contributed by atoms with Gasteiger partial charge in [-0.05, 0) is 30.5 Å². The summed E-state index contributed by atoms with van der Waals surface area (Å²) in [5, 5.41) is 0. The lowest BCUT2D eigenvalue weighted by Gasteiger charge is -1.99. The fourth-order valence-electron chi connectivity index (χ4n) is 1.18. The van der Waals surface area contributed by atoms with E-state index in [0.717, 1.165) is 5.75 Å². The molecule has 1 aliphatic carbocycles. The van der Waals surface area contributed by atoms with Crippen LogP contribution in [0.5, 0.6) is 5.75 Å². The zero-order valence-electron chi connectivity index (χ0n) is 7.21. The number of methoxy groups -OCH3 is 1. The number of ether oxygens (including phenoxy) is 1. The van der Waals surface area contributed by atoms with Crippen LogP contribution in [-0.4, -0.2) is 7.11 Å². The molecule has 0 saturated heterocycles. The molecule has 0 radical (unpaired) electrons. The van der Waals surface area contributed by atoms with E-state index in [1.54, 1.807) is 12.7 Å². The van der Waals surface area contributed by atoms with Gasteiger partial charge in [-0.1, -0.05) is 23.8 Å². The molecule has 0 N–H and O–H groups in total. The molecule has 0 amide bonds. The molecule has 0 spiro atoms. The van der Waals surface area contributed by atoms with Crippen LogP contribution in [0.2, 0.25) is 0 Å². The van der Waals surface area contributed by atoms with Gasteiger partial charge in [-0.2, -0.15) is 0 Å². The van der Waals surface area contributed by atoms with Gasteiger partial charge in [0.25, 0.3) is 0 Å². The van der Waals surface area contributed by atoms with Gasteiger partial charge in [0, 0.05) is 0 Å². The summed E-state index contributed by atoms with van der Waals surface area (Å²) in [5.41, 5.74) is 2.80. The molecule has 1 fully saturated rings. The van der Waals surface area contributed by atoms with E-state index in [-0.39, 0.29) is 0 Å². The highest BCUT2D eigenvalue weighted by Gasteiger charge is 2.10. The fourth-order valence-corrected chi connectivity index (χ4v) is 1.18. The van der Waals surface area contributed by atoms with Gasteiger partial charge < -0.3 is 4.74 Å². The maximum absolute atomic E-state index is 5.13. The largest absolute Gasteiger partial charge is 0.497 e. The van der Waals surface area contributed by atoms with Crippen LogP contribution in [0.15, 0.2) is 29.8 Å². The third-order valence-corrected chi connectivity index (χ3v) is 2.00. The molecular formula is C11H12O. The summed E-state index contributed by atoms with van der Waals surface area (Å²) in [6.07, 6.45) is 4.79. The van der Waals surface area contributed by atoms with Gasteiger partial charge in [0.2, 0.25) is 0 Å². The van der Waals surface area contributed by atoms with Crippen LogP contribution in [-0.2, 0) is 0 Å². The lowest BCUT2D eigenvalue weighted by molar-refractivity contribution is 0.414. The van der Waals surface area contributed by atoms with Crippen LogP contribution in [0.3, 0.4) is 0 Å². The number of hydrogen-bond acceptors (Lipinski definition) is 1. The van der Waals surface area contributed by atoms with E-state index in [0.29, 0.717) is 0 Å². The summed E-state index contributed by atoms with van der Waals surface area (Å²) in [6, 6.07) is 8.15. The van der Waals surface area contributed by atoms with Gasteiger partial charge in [0.05, 0.1) is 7.11 Å². The van der Waals surface area contributed by atoms with E-state index in [2.05, 4.69) is 18.2 Å². The molecule has 62 valence electrons. The molecule has 0 bridgehead atoms. The Labute approximate surface area is 72.7 Å². The molecule has 0 heterocycles. The van der Waals surface area contributed by atoms with E-state index >= 15 is 0 Å². The topological polar surface area (TPSA) is 9.23 Å². The normalized spacial score (nSPS) is 14.2.